The number of carbonyl (C=O) groups excluding carboxylic acids is 1. The minimum absolute atomic E-state index is 0.137. The van der Waals surface area contributed by atoms with Crippen molar-refractivity contribution in [2.45, 2.75) is 25.3 Å². The summed E-state index contributed by atoms with van der Waals surface area (Å²) >= 11 is 1.61. The number of amides is 2. The van der Waals surface area contributed by atoms with Crippen LogP contribution >= 0.6 is 11.8 Å². The van der Waals surface area contributed by atoms with Gasteiger partial charge >= 0.3 is 6.03 Å². The normalized spacial score (nSPS) is 10.8. The molecule has 0 aliphatic rings. The number of carbonyl (C=O) groups is 1. The summed E-state index contributed by atoms with van der Waals surface area (Å²) in [5.41, 5.74) is 4.12. The average molecular weight is 461 g/mol. The van der Waals surface area contributed by atoms with Crippen LogP contribution < -0.4 is 20.9 Å². The Morgan fingerprint density at radius 3 is 2.58 bits per heavy atom. The number of nitrogens with one attached hydrogen (secondary N) is 2. The number of thioether (sulfide) groups is 1. The zero-order chi connectivity index (χ0) is 23.4. The third kappa shape index (κ3) is 5.35. The molecule has 8 heteroatoms. The lowest BCUT2D eigenvalue weighted by atomic mass is 10.2. The number of pyridine rings is 1. The summed E-state index contributed by atoms with van der Waals surface area (Å²) in [6.07, 6.45) is 3.68. The third-order valence-corrected chi connectivity index (χ3v) is 5.81. The smallest absolute Gasteiger partial charge is 0.323 e. The number of nitrogens with zero attached hydrogens (tertiary/aromatic N) is 2. The predicted molar refractivity (Wildman–Crippen MR) is 133 cm³/mol. The zero-order valence-corrected chi connectivity index (χ0v) is 19.4. The van der Waals surface area contributed by atoms with Crippen LogP contribution in [0, 0.1) is 13.8 Å². The second-order valence-electron chi connectivity index (χ2n) is 7.55. The Labute approximate surface area is 195 Å². The van der Waals surface area contributed by atoms with Gasteiger partial charge in [0.2, 0.25) is 0 Å². The number of rotatable bonds is 6. The lowest BCUT2D eigenvalue weighted by Crippen LogP contribution is -2.19. The maximum atomic E-state index is 12.4. The maximum absolute atomic E-state index is 12.4. The van der Waals surface area contributed by atoms with E-state index in [0.717, 1.165) is 16.0 Å². The molecule has 33 heavy (non-hydrogen) atoms. The number of fused-ring (bicyclic) bond motifs is 1. The van der Waals surface area contributed by atoms with Crippen LogP contribution in [0.15, 0.2) is 76.6 Å². The third-order valence-electron chi connectivity index (χ3n) is 5.09. The van der Waals surface area contributed by atoms with Crippen molar-refractivity contribution in [2.24, 2.45) is 0 Å². The van der Waals surface area contributed by atoms with Crippen LogP contribution in [-0.4, -0.2) is 21.7 Å². The van der Waals surface area contributed by atoms with Crippen LogP contribution in [0.3, 0.4) is 0 Å². The van der Waals surface area contributed by atoms with Crippen LogP contribution in [0.1, 0.15) is 16.8 Å². The van der Waals surface area contributed by atoms with Gasteiger partial charge in [0.25, 0.3) is 5.56 Å². The molecule has 2 aromatic carbocycles. The molecule has 2 aromatic heterocycles. The van der Waals surface area contributed by atoms with E-state index in [-0.39, 0.29) is 18.2 Å². The molecule has 168 valence electrons. The van der Waals surface area contributed by atoms with Crippen LogP contribution in [-0.2, 0) is 6.61 Å². The molecule has 0 aliphatic heterocycles. The van der Waals surface area contributed by atoms with E-state index in [1.165, 1.54) is 10.5 Å². The maximum Gasteiger partial charge on any atom is 0.323 e. The molecule has 4 rings (SSSR count). The summed E-state index contributed by atoms with van der Waals surface area (Å²) in [6, 6.07) is 17.9. The SMILES string of the molecule is CSc1cccc(NC(=O)Nc2ccc(C)c(OCc3cc(=O)n4cccc(C)c4n3)c2)c1. The molecule has 2 N–H and O–H groups in total. The van der Waals surface area contributed by atoms with Gasteiger partial charge in [0.05, 0.1) is 5.69 Å². The molecule has 0 spiro atoms. The summed E-state index contributed by atoms with van der Waals surface area (Å²) in [4.78, 5) is 30.5. The molecule has 4 aromatic rings. The first kappa shape index (κ1) is 22.4. The Kier molecular flexibility index (Phi) is 6.65. The summed E-state index contributed by atoms with van der Waals surface area (Å²) in [7, 11) is 0. The van der Waals surface area contributed by atoms with Crippen molar-refractivity contribution >= 4 is 34.8 Å². The molecule has 0 saturated heterocycles. The van der Waals surface area contributed by atoms with Crippen molar-refractivity contribution in [2.75, 3.05) is 16.9 Å². The van der Waals surface area contributed by atoms with Gasteiger partial charge in [-0.25, -0.2) is 9.78 Å². The van der Waals surface area contributed by atoms with Crippen molar-refractivity contribution in [1.29, 1.82) is 0 Å². The number of urea groups is 1. The zero-order valence-electron chi connectivity index (χ0n) is 18.6. The average Bonchev–Trinajstić information content (AvgIpc) is 2.80. The van der Waals surface area contributed by atoms with Gasteiger partial charge in [-0.2, -0.15) is 0 Å². The first-order valence-corrected chi connectivity index (χ1v) is 11.6. The highest BCUT2D eigenvalue weighted by Gasteiger charge is 2.09. The topological polar surface area (TPSA) is 84.7 Å². The van der Waals surface area contributed by atoms with Gasteiger partial charge in [0.1, 0.15) is 18.0 Å². The standard InChI is InChI=1S/C25H24N4O3S/c1-16-9-10-19(28-25(31)27-18-7-4-8-21(12-18)33-3)13-22(16)32-15-20-14-23(30)29-11-5-6-17(2)24(29)26-20/h4-14H,15H2,1-3H3,(H2,27,28,31). The van der Waals surface area contributed by atoms with Gasteiger partial charge in [-0.05, 0) is 61.6 Å². The van der Waals surface area contributed by atoms with Crippen molar-refractivity contribution in [3.8, 4) is 5.75 Å². The van der Waals surface area contributed by atoms with E-state index in [9.17, 15) is 9.59 Å². The quantitative estimate of drug-likeness (QED) is 0.384. The van der Waals surface area contributed by atoms with E-state index >= 15 is 0 Å². The predicted octanol–water partition coefficient (Wildman–Crippen LogP) is 5.26. The summed E-state index contributed by atoms with van der Waals surface area (Å²) in [5.74, 6) is 0.601. The molecule has 0 fully saturated rings. The lowest BCUT2D eigenvalue weighted by molar-refractivity contribution is 0.262. The highest BCUT2D eigenvalue weighted by molar-refractivity contribution is 7.98. The fourth-order valence-electron chi connectivity index (χ4n) is 3.36. The molecule has 2 amide bonds. The number of aromatic nitrogens is 2. The van der Waals surface area contributed by atoms with Crippen molar-refractivity contribution < 1.29 is 9.53 Å². The second-order valence-corrected chi connectivity index (χ2v) is 8.43. The van der Waals surface area contributed by atoms with Gasteiger partial charge in [-0.1, -0.05) is 18.2 Å². The van der Waals surface area contributed by atoms with Crippen LogP contribution in [0.25, 0.3) is 5.65 Å². The molecule has 0 unspecified atom stereocenters. The van der Waals surface area contributed by atoms with Gasteiger partial charge in [0.15, 0.2) is 0 Å². The lowest BCUT2D eigenvalue weighted by Gasteiger charge is -2.13. The minimum Gasteiger partial charge on any atom is -0.487 e. The van der Waals surface area contributed by atoms with E-state index < -0.39 is 0 Å². The highest BCUT2D eigenvalue weighted by Crippen LogP contribution is 2.24. The Hall–Kier alpha value is -3.78. The molecule has 0 radical (unpaired) electrons. The fourth-order valence-corrected chi connectivity index (χ4v) is 3.82. The van der Waals surface area contributed by atoms with E-state index in [4.69, 9.17) is 4.74 Å². The van der Waals surface area contributed by atoms with Crippen LogP contribution in [0.2, 0.25) is 0 Å². The Morgan fingerprint density at radius 2 is 1.79 bits per heavy atom. The van der Waals surface area contributed by atoms with Crippen LogP contribution in [0.5, 0.6) is 5.75 Å². The van der Waals surface area contributed by atoms with Crippen molar-refractivity contribution in [1.82, 2.24) is 9.38 Å². The molecule has 0 saturated carbocycles. The molecular weight excluding hydrogens is 436 g/mol. The first-order chi connectivity index (χ1) is 15.9. The van der Waals surface area contributed by atoms with Gasteiger partial charge < -0.3 is 15.4 Å². The molecule has 2 heterocycles. The van der Waals surface area contributed by atoms with E-state index in [0.29, 0.717) is 28.5 Å². The summed E-state index contributed by atoms with van der Waals surface area (Å²) < 4.78 is 7.47. The van der Waals surface area contributed by atoms with Gasteiger partial charge in [-0.15, -0.1) is 11.8 Å². The highest BCUT2D eigenvalue weighted by atomic mass is 32.2. The molecular formula is C25H24N4O3S. The molecule has 0 atom stereocenters. The number of anilines is 2. The second kappa shape index (κ2) is 9.79. The van der Waals surface area contributed by atoms with Crippen molar-refractivity contribution in [3.05, 3.63) is 94.0 Å². The van der Waals surface area contributed by atoms with Crippen LogP contribution in [0.4, 0.5) is 16.2 Å². The number of aryl methyl sites for hydroxylation is 2. The molecule has 0 aliphatic carbocycles. The van der Waals surface area contributed by atoms with Gasteiger partial charge in [-0.3, -0.25) is 9.20 Å². The molecule has 0 bridgehead atoms. The number of hydrogen-bond acceptors (Lipinski definition) is 5. The summed E-state index contributed by atoms with van der Waals surface area (Å²) in [6.45, 7) is 3.96. The Morgan fingerprint density at radius 1 is 1.00 bits per heavy atom. The Bertz CT molecular complexity index is 1380. The first-order valence-electron chi connectivity index (χ1n) is 10.4. The molecule has 7 nitrogen and oxygen atoms in total. The monoisotopic (exact) mass is 460 g/mol. The minimum atomic E-state index is -0.345. The number of ether oxygens (including phenoxy) is 1. The van der Waals surface area contributed by atoms with Crippen molar-refractivity contribution in [3.63, 3.8) is 0 Å². The van der Waals surface area contributed by atoms with E-state index in [1.54, 1.807) is 24.0 Å². The number of benzene rings is 2. The van der Waals surface area contributed by atoms with Gasteiger partial charge in [0, 0.05) is 34.6 Å². The van der Waals surface area contributed by atoms with E-state index in [2.05, 4.69) is 15.6 Å². The van der Waals surface area contributed by atoms with E-state index in [1.807, 2.05) is 68.6 Å². The summed E-state index contributed by atoms with van der Waals surface area (Å²) in [5, 5.41) is 5.66. The largest absolute Gasteiger partial charge is 0.487 e. The fraction of sp³-hybridized carbons (Fsp3) is 0.160. The number of hydrogen-bond donors (Lipinski definition) is 2. The Balaban J connectivity index is 1.46.